The Balaban J connectivity index is 1.91. The summed E-state index contributed by atoms with van der Waals surface area (Å²) in [4.78, 5) is 11.9. The van der Waals surface area contributed by atoms with Gasteiger partial charge in [-0.1, -0.05) is 58.0 Å². The molecular formula is C19H26O2. The Kier molecular flexibility index (Phi) is 4.55. The Morgan fingerprint density at radius 1 is 1.29 bits per heavy atom. The van der Waals surface area contributed by atoms with E-state index in [-0.39, 0.29) is 16.8 Å². The van der Waals surface area contributed by atoms with Gasteiger partial charge in [0.05, 0.1) is 6.61 Å². The van der Waals surface area contributed by atoms with Gasteiger partial charge in [-0.25, -0.2) is 4.79 Å². The van der Waals surface area contributed by atoms with Crippen molar-refractivity contribution < 1.29 is 9.53 Å². The maximum absolute atomic E-state index is 11.9. The van der Waals surface area contributed by atoms with Gasteiger partial charge in [-0.05, 0) is 35.8 Å². The van der Waals surface area contributed by atoms with Gasteiger partial charge in [0.15, 0.2) is 0 Å². The summed E-state index contributed by atoms with van der Waals surface area (Å²) in [6.07, 6.45) is 5.65. The van der Waals surface area contributed by atoms with Crippen LogP contribution in [0.5, 0.6) is 0 Å². The van der Waals surface area contributed by atoms with Crippen molar-refractivity contribution in [1.29, 1.82) is 0 Å². The van der Waals surface area contributed by atoms with Crippen molar-refractivity contribution in [3.63, 3.8) is 0 Å². The molecule has 0 aromatic heterocycles. The molecule has 2 atom stereocenters. The number of esters is 1. The third kappa shape index (κ3) is 3.37. The fourth-order valence-electron chi connectivity index (χ4n) is 3.08. The Hall–Kier alpha value is -1.57. The third-order valence-electron chi connectivity index (χ3n) is 5.66. The molecule has 0 heterocycles. The van der Waals surface area contributed by atoms with Gasteiger partial charge in [-0.3, -0.25) is 0 Å². The highest BCUT2D eigenvalue weighted by Gasteiger charge is 2.50. The second-order valence-electron chi connectivity index (χ2n) is 7.07. The highest BCUT2D eigenvalue weighted by molar-refractivity contribution is 5.87. The lowest BCUT2D eigenvalue weighted by Crippen LogP contribution is -2.37. The van der Waals surface area contributed by atoms with Crippen LogP contribution in [-0.4, -0.2) is 12.6 Å². The molecule has 0 unspecified atom stereocenters. The molecule has 1 aliphatic rings. The topological polar surface area (TPSA) is 26.3 Å². The zero-order valence-corrected chi connectivity index (χ0v) is 13.6. The van der Waals surface area contributed by atoms with Gasteiger partial charge in [0.25, 0.3) is 0 Å². The largest absolute Gasteiger partial charge is 0.462 e. The summed E-state index contributed by atoms with van der Waals surface area (Å²) in [5.74, 6) is 0.413. The molecule has 1 aromatic carbocycles. The Bertz CT molecular complexity index is 516. The molecule has 1 aromatic rings. The van der Waals surface area contributed by atoms with Gasteiger partial charge < -0.3 is 4.74 Å². The first-order valence-electron chi connectivity index (χ1n) is 7.75. The number of carbonyl (C=O) groups excluding carboxylic acids is 1. The van der Waals surface area contributed by atoms with Crippen molar-refractivity contribution in [3.8, 4) is 0 Å². The lowest BCUT2D eigenvalue weighted by molar-refractivity contribution is -0.143. The molecule has 2 heteroatoms. The quantitative estimate of drug-likeness (QED) is 0.592. The van der Waals surface area contributed by atoms with E-state index in [4.69, 9.17) is 4.74 Å². The third-order valence-corrected chi connectivity index (χ3v) is 5.66. The molecule has 0 bridgehead atoms. The molecule has 0 saturated heterocycles. The number of hydrogen-bond donors (Lipinski definition) is 0. The van der Waals surface area contributed by atoms with E-state index in [9.17, 15) is 4.79 Å². The Morgan fingerprint density at radius 3 is 2.52 bits per heavy atom. The normalized spacial score (nSPS) is 27.9. The van der Waals surface area contributed by atoms with Crippen molar-refractivity contribution >= 4 is 12.0 Å². The smallest absolute Gasteiger partial charge is 0.330 e. The SMILES string of the molecule is C[C@@H]1CC[C@@](C)(COC(=O)C=Cc2ccccc2)C1(C)C. The first-order valence-corrected chi connectivity index (χ1v) is 7.75. The van der Waals surface area contributed by atoms with Crippen LogP contribution >= 0.6 is 0 Å². The standard InChI is InChI=1S/C19H26O2/c1-15-12-13-19(4,18(15,2)3)14-21-17(20)11-10-16-8-6-5-7-9-16/h5-11,15H,12-14H2,1-4H3/t15-,19+/m1/s1. The monoisotopic (exact) mass is 286 g/mol. The highest BCUT2D eigenvalue weighted by atomic mass is 16.5. The molecule has 2 rings (SSSR count). The molecule has 0 radical (unpaired) electrons. The van der Waals surface area contributed by atoms with Gasteiger partial charge in [-0.15, -0.1) is 0 Å². The lowest BCUT2D eigenvalue weighted by Gasteiger charge is -2.40. The van der Waals surface area contributed by atoms with Crippen LogP contribution in [0.3, 0.4) is 0 Å². The van der Waals surface area contributed by atoms with Crippen LogP contribution in [0.2, 0.25) is 0 Å². The fraction of sp³-hybridized carbons (Fsp3) is 0.526. The molecule has 1 saturated carbocycles. The van der Waals surface area contributed by atoms with Gasteiger partial charge in [0.2, 0.25) is 0 Å². The summed E-state index contributed by atoms with van der Waals surface area (Å²) in [5, 5.41) is 0. The van der Waals surface area contributed by atoms with Crippen LogP contribution in [0.25, 0.3) is 6.08 Å². The molecule has 1 fully saturated rings. The molecule has 21 heavy (non-hydrogen) atoms. The van der Waals surface area contributed by atoms with Crippen LogP contribution in [0.1, 0.15) is 46.1 Å². The van der Waals surface area contributed by atoms with Gasteiger partial charge in [0, 0.05) is 11.5 Å². The maximum atomic E-state index is 11.9. The minimum Gasteiger partial charge on any atom is -0.462 e. The van der Waals surface area contributed by atoms with Crippen LogP contribution in [-0.2, 0) is 9.53 Å². The second-order valence-corrected chi connectivity index (χ2v) is 7.07. The van der Waals surface area contributed by atoms with E-state index in [0.717, 1.165) is 12.0 Å². The average Bonchev–Trinajstić information content (AvgIpc) is 2.68. The van der Waals surface area contributed by atoms with Crippen molar-refractivity contribution in [3.05, 3.63) is 42.0 Å². The number of hydrogen-bond acceptors (Lipinski definition) is 2. The first-order chi connectivity index (χ1) is 9.85. The first kappa shape index (κ1) is 15.8. The summed E-state index contributed by atoms with van der Waals surface area (Å²) >= 11 is 0. The highest BCUT2D eigenvalue weighted by Crippen LogP contribution is 2.55. The fourth-order valence-corrected chi connectivity index (χ4v) is 3.08. The molecule has 114 valence electrons. The number of benzene rings is 1. The minimum absolute atomic E-state index is 0.0721. The Labute approximate surface area is 128 Å². The van der Waals surface area contributed by atoms with E-state index < -0.39 is 0 Å². The van der Waals surface area contributed by atoms with Crippen LogP contribution in [0, 0.1) is 16.7 Å². The van der Waals surface area contributed by atoms with Crippen molar-refractivity contribution in [1.82, 2.24) is 0 Å². The van der Waals surface area contributed by atoms with Crippen LogP contribution in [0.4, 0.5) is 0 Å². The predicted octanol–water partition coefficient (Wildman–Crippen LogP) is 4.71. The van der Waals surface area contributed by atoms with Crippen molar-refractivity contribution in [2.24, 2.45) is 16.7 Å². The van der Waals surface area contributed by atoms with E-state index >= 15 is 0 Å². The van der Waals surface area contributed by atoms with Gasteiger partial charge in [-0.2, -0.15) is 0 Å². The molecule has 0 spiro atoms. The average molecular weight is 286 g/mol. The molecule has 0 amide bonds. The number of rotatable bonds is 4. The van der Waals surface area contributed by atoms with E-state index in [1.165, 1.54) is 12.5 Å². The van der Waals surface area contributed by atoms with Gasteiger partial charge >= 0.3 is 5.97 Å². The van der Waals surface area contributed by atoms with Crippen LogP contribution < -0.4 is 0 Å². The summed E-state index contributed by atoms with van der Waals surface area (Å²) in [7, 11) is 0. The van der Waals surface area contributed by atoms with Crippen LogP contribution in [0.15, 0.2) is 36.4 Å². The summed E-state index contributed by atoms with van der Waals surface area (Å²) in [6, 6.07) is 9.79. The molecule has 0 aliphatic heterocycles. The predicted molar refractivity (Wildman–Crippen MR) is 86.7 cm³/mol. The Morgan fingerprint density at radius 2 is 1.95 bits per heavy atom. The summed E-state index contributed by atoms with van der Waals surface area (Å²) in [5.41, 5.74) is 1.29. The van der Waals surface area contributed by atoms with Crippen molar-refractivity contribution in [2.75, 3.05) is 6.61 Å². The summed E-state index contributed by atoms with van der Waals surface area (Å²) < 4.78 is 5.51. The molecule has 0 N–H and O–H groups in total. The number of ether oxygens (including phenoxy) is 1. The second kappa shape index (κ2) is 6.05. The maximum Gasteiger partial charge on any atom is 0.330 e. The van der Waals surface area contributed by atoms with Crippen molar-refractivity contribution in [2.45, 2.75) is 40.5 Å². The zero-order chi connectivity index (χ0) is 15.5. The summed E-state index contributed by atoms with van der Waals surface area (Å²) in [6.45, 7) is 9.62. The van der Waals surface area contributed by atoms with Gasteiger partial charge in [0.1, 0.15) is 0 Å². The lowest BCUT2D eigenvalue weighted by atomic mass is 9.66. The van der Waals surface area contributed by atoms with E-state index in [1.54, 1.807) is 6.08 Å². The van der Waals surface area contributed by atoms with E-state index in [2.05, 4.69) is 27.7 Å². The molecule has 2 nitrogen and oxygen atoms in total. The van der Waals surface area contributed by atoms with E-state index in [0.29, 0.717) is 12.5 Å². The molecule has 1 aliphatic carbocycles. The zero-order valence-electron chi connectivity index (χ0n) is 13.6. The molecular weight excluding hydrogens is 260 g/mol. The number of carbonyl (C=O) groups is 1. The minimum atomic E-state index is -0.254. The van der Waals surface area contributed by atoms with E-state index in [1.807, 2.05) is 30.3 Å².